The first-order valence-electron chi connectivity index (χ1n) is 11.8. The lowest BCUT2D eigenvalue weighted by Gasteiger charge is -2.29. The van der Waals surface area contributed by atoms with Gasteiger partial charge >= 0.3 is 0 Å². The summed E-state index contributed by atoms with van der Waals surface area (Å²) >= 11 is 0. The molecule has 2 amide bonds. The van der Waals surface area contributed by atoms with E-state index in [0.29, 0.717) is 25.9 Å². The fraction of sp³-hybridized carbons (Fsp3) is 0.500. The zero-order chi connectivity index (χ0) is 23.7. The van der Waals surface area contributed by atoms with Crippen LogP contribution in [-0.4, -0.2) is 29.3 Å². The second-order valence-corrected chi connectivity index (χ2v) is 9.77. The van der Waals surface area contributed by atoms with E-state index in [4.69, 9.17) is 0 Å². The number of hydrogen-bond donors (Lipinski definition) is 1. The molecule has 0 aliphatic rings. The maximum atomic E-state index is 13.2. The number of nitrogens with one attached hydrogen (secondary N) is 1. The Morgan fingerprint density at radius 3 is 2.12 bits per heavy atom. The molecular formula is C28H40N2O2. The van der Waals surface area contributed by atoms with Crippen molar-refractivity contribution in [1.82, 2.24) is 10.2 Å². The normalized spacial score (nSPS) is 12.3. The summed E-state index contributed by atoms with van der Waals surface area (Å²) in [5.41, 5.74) is 4.75. The van der Waals surface area contributed by atoms with Gasteiger partial charge in [0.05, 0.1) is 0 Å². The Morgan fingerprint density at radius 1 is 0.969 bits per heavy atom. The number of rotatable bonds is 10. The van der Waals surface area contributed by atoms with Crippen LogP contribution in [0.3, 0.4) is 0 Å². The molecule has 0 radical (unpaired) electrons. The largest absolute Gasteiger partial charge is 0.354 e. The summed E-state index contributed by atoms with van der Waals surface area (Å²) in [7, 11) is 0. The van der Waals surface area contributed by atoms with E-state index in [0.717, 1.165) is 24.0 Å². The topological polar surface area (TPSA) is 49.4 Å². The van der Waals surface area contributed by atoms with Crippen LogP contribution in [0.25, 0.3) is 0 Å². The van der Waals surface area contributed by atoms with Crippen LogP contribution in [0.5, 0.6) is 0 Å². The van der Waals surface area contributed by atoms with E-state index in [9.17, 15) is 9.59 Å². The molecule has 4 nitrogen and oxygen atoms in total. The van der Waals surface area contributed by atoms with Crippen molar-refractivity contribution in [1.29, 1.82) is 0 Å². The minimum atomic E-state index is -0.510. The number of hydrogen-bond acceptors (Lipinski definition) is 2. The molecule has 4 heteroatoms. The van der Waals surface area contributed by atoms with Crippen molar-refractivity contribution in [3.63, 3.8) is 0 Å². The van der Waals surface area contributed by atoms with Gasteiger partial charge in [-0.05, 0) is 48.8 Å². The highest BCUT2D eigenvalue weighted by Gasteiger charge is 2.25. The Balaban J connectivity index is 2.09. The minimum absolute atomic E-state index is 0.00335. The molecule has 174 valence electrons. The molecule has 0 saturated carbocycles. The average molecular weight is 437 g/mol. The van der Waals surface area contributed by atoms with E-state index in [2.05, 4.69) is 57.3 Å². The number of aryl methyl sites for hydroxylation is 2. The maximum absolute atomic E-state index is 13.2. The molecule has 32 heavy (non-hydrogen) atoms. The summed E-state index contributed by atoms with van der Waals surface area (Å²) in [6.07, 6.45) is 3.01. The van der Waals surface area contributed by atoms with Crippen molar-refractivity contribution in [2.45, 2.75) is 85.2 Å². The van der Waals surface area contributed by atoms with E-state index in [1.54, 1.807) is 4.90 Å². The lowest BCUT2D eigenvalue weighted by molar-refractivity contribution is -0.140. The SMILES string of the molecule is CCCCNC(=O)[C@@H](C)N(Cc1ccc(C)cc1)C(=O)CCc1ccc(C(C)(C)C)cc1. The molecule has 0 aromatic heterocycles. The van der Waals surface area contributed by atoms with Gasteiger partial charge in [-0.2, -0.15) is 0 Å². The van der Waals surface area contributed by atoms with E-state index in [1.165, 1.54) is 11.1 Å². The third-order valence-corrected chi connectivity index (χ3v) is 5.92. The van der Waals surface area contributed by atoms with Gasteiger partial charge in [-0.3, -0.25) is 9.59 Å². The number of unbranched alkanes of at least 4 members (excludes halogenated alkanes) is 1. The fourth-order valence-electron chi connectivity index (χ4n) is 3.58. The first-order chi connectivity index (χ1) is 15.1. The quantitative estimate of drug-likeness (QED) is 0.496. The Kier molecular flexibility index (Phi) is 9.49. The van der Waals surface area contributed by atoms with E-state index < -0.39 is 6.04 Å². The molecule has 1 atom stereocenters. The highest BCUT2D eigenvalue weighted by atomic mass is 16.2. The zero-order valence-electron chi connectivity index (χ0n) is 20.7. The minimum Gasteiger partial charge on any atom is -0.354 e. The van der Waals surface area contributed by atoms with Crippen molar-refractivity contribution >= 4 is 11.8 Å². The van der Waals surface area contributed by atoms with Crippen molar-refractivity contribution < 1.29 is 9.59 Å². The standard InChI is InChI=1S/C28H40N2O2/c1-7-8-19-29-27(32)22(3)30(20-24-11-9-21(2)10-12-24)26(31)18-15-23-13-16-25(17-14-23)28(4,5)6/h9-14,16-17,22H,7-8,15,18-20H2,1-6H3,(H,29,32)/t22-/m1/s1. The van der Waals surface area contributed by atoms with Crippen LogP contribution in [0.4, 0.5) is 0 Å². The van der Waals surface area contributed by atoms with Gasteiger partial charge in [0.25, 0.3) is 0 Å². The van der Waals surface area contributed by atoms with Crippen LogP contribution < -0.4 is 5.32 Å². The molecule has 0 spiro atoms. The highest BCUT2D eigenvalue weighted by molar-refractivity contribution is 5.87. The lowest BCUT2D eigenvalue weighted by Crippen LogP contribution is -2.47. The zero-order valence-corrected chi connectivity index (χ0v) is 20.7. The second-order valence-electron chi connectivity index (χ2n) is 9.77. The Morgan fingerprint density at radius 2 is 1.56 bits per heavy atom. The van der Waals surface area contributed by atoms with Gasteiger partial charge in [0, 0.05) is 19.5 Å². The molecule has 1 N–H and O–H groups in total. The first-order valence-corrected chi connectivity index (χ1v) is 11.8. The van der Waals surface area contributed by atoms with Gasteiger partial charge < -0.3 is 10.2 Å². The summed E-state index contributed by atoms with van der Waals surface area (Å²) in [5, 5.41) is 2.97. The van der Waals surface area contributed by atoms with Crippen LogP contribution in [0.2, 0.25) is 0 Å². The molecule has 0 heterocycles. The maximum Gasteiger partial charge on any atom is 0.242 e. The molecule has 0 fully saturated rings. The Hall–Kier alpha value is -2.62. The van der Waals surface area contributed by atoms with Crippen LogP contribution >= 0.6 is 0 Å². The van der Waals surface area contributed by atoms with Gasteiger partial charge in [0.15, 0.2) is 0 Å². The predicted octanol–water partition coefficient (Wildman–Crippen LogP) is 5.56. The van der Waals surface area contributed by atoms with Crippen LogP contribution in [0.15, 0.2) is 48.5 Å². The predicted molar refractivity (Wildman–Crippen MR) is 133 cm³/mol. The third kappa shape index (κ3) is 7.81. The summed E-state index contributed by atoms with van der Waals surface area (Å²) in [6, 6.07) is 16.1. The number of carbonyl (C=O) groups is 2. The van der Waals surface area contributed by atoms with Gasteiger partial charge in [-0.1, -0.05) is 88.2 Å². The molecule has 2 aromatic rings. The van der Waals surface area contributed by atoms with Gasteiger partial charge in [0.1, 0.15) is 6.04 Å². The van der Waals surface area contributed by atoms with Crippen LogP contribution in [-0.2, 0) is 28.0 Å². The smallest absolute Gasteiger partial charge is 0.242 e. The van der Waals surface area contributed by atoms with Gasteiger partial charge in [0.2, 0.25) is 11.8 Å². The molecule has 0 aliphatic heterocycles. The molecule has 0 saturated heterocycles. The summed E-state index contributed by atoms with van der Waals surface area (Å²) in [4.78, 5) is 27.7. The molecule has 2 rings (SSSR count). The monoisotopic (exact) mass is 436 g/mol. The lowest BCUT2D eigenvalue weighted by atomic mass is 9.86. The fourth-order valence-corrected chi connectivity index (χ4v) is 3.58. The molecular weight excluding hydrogens is 396 g/mol. The molecule has 2 aromatic carbocycles. The van der Waals surface area contributed by atoms with Crippen molar-refractivity contribution in [3.05, 3.63) is 70.8 Å². The summed E-state index contributed by atoms with van der Waals surface area (Å²) in [5.74, 6) is -0.0861. The average Bonchev–Trinajstić information content (AvgIpc) is 2.76. The third-order valence-electron chi connectivity index (χ3n) is 5.92. The van der Waals surface area contributed by atoms with Crippen LogP contribution in [0.1, 0.15) is 76.1 Å². The van der Waals surface area contributed by atoms with Crippen molar-refractivity contribution in [2.24, 2.45) is 0 Å². The number of nitrogens with zero attached hydrogens (tertiary/aromatic N) is 1. The summed E-state index contributed by atoms with van der Waals surface area (Å²) in [6.45, 7) is 13.6. The molecule has 0 bridgehead atoms. The number of carbonyl (C=O) groups excluding carboxylic acids is 2. The molecule has 0 unspecified atom stereocenters. The summed E-state index contributed by atoms with van der Waals surface area (Å²) < 4.78 is 0. The van der Waals surface area contributed by atoms with Crippen molar-refractivity contribution in [3.8, 4) is 0 Å². The van der Waals surface area contributed by atoms with E-state index in [1.807, 2.05) is 38.1 Å². The second kappa shape index (κ2) is 11.8. The van der Waals surface area contributed by atoms with Gasteiger partial charge in [-0.25, -0.2) is 0 Å². The Labute approximate surface area is 194 Å². The number of amides is 2. The number of benzene rings is 2. The highest BCUT2D eigenvalue weighted by Crippen LogP contribution is 2.22. The Bertz CT molecular complexity index is 864. The van der Waals surface area contributed by atoms with Crippen molar-refractivity contribution in [2.75, 3.05) is 6.54 Å². The van der Waals surface area contributed by atoms with Crippen LogP contribution in [0, 0.1) is 6.92 Å². The van der Waals surface area contributed by atoms with E-state index in [-0.39, 0.29) is 17.2 Å². The molecule has 0 aliphatic carbocycles. The van der Waals surface area contributed by atoms with E-state index >= 15 is 0 Å². The first kappa shape index (κ1) is 25.6. The van der Waals surface area contributed by atoms with Gasteiger partial charge in [-0.15, -0.1) is 0 Å².